The quantitative estimate of drug-likeness (QED) is 0.572. The van der Waals surface area contributed by atoms with Crippen LogP contribution in [-0.2, 0) is 4.43 Å². The van der Waals surface area contributed by atoms with Gasteiger partial charge < -0.3 is 9.33 Å². The molecule has 0 N–H and O–H groups in total. The minimum atomic E-state index is -0.644. The highest BCUT2D eigenvalue weighted by molar-refractivity contribution is 6.31. The molecule has 0 unspecified atom stereocenters. The summed E-state index contributed by atoms with van der Waals surface area (Å²) >= 11 is 0. The molecule has 2 aromatic rings. The highest BCUT2D eigenvalue weighted by atomic mass is 28.2. The largest absolute Gasteiger partial charge is 0.422 e. The molecule has 23 heavy (non-hydrogen) atoms. The Morgan fingerprint density at radius 3 is 1.96 bits per heavy atom. The third kappa shape index (κ3) is 5.03. The summed E-state index contributed by atoms with van der Waals surface area (Å²) in [6.45, 7) is 4.50. The van der Waals surface area contributed by atoms with Gasteiger partial charge in [-0.3, -0.25) is 0 Å². The van der Waals surface area contributed by atoms with E-state index in [9.17, 15) is 0 Å². The summed E-state index contributed by atoms with van der Waals surface area (Å²) in [5, 5.41) is 0. The van der Waals surface area contributed by atoms with Crippen molar-refractivity contribution in [3.8, 4) is 0 Å². The molecular weight excluding hydrogens is 298 g/mol. The lowest BCUT2D eigenvalue weighted by molar-refractivity contribution is 0.186. The van der Waals surface area contributed by atoms with Crippen molar-refractivity contribution in [3.05, 3.63) is 71.8 Å². The summed E-state index contributed by atoms with van der Waals surface area (Å²) < 4.78 is 6.20. The predicted octanol–water partition coefficient (Wildman–Crippen LogP) is 3.36. The Morgan fingerprint density at radius 2 is 1.39 bits per heavy atom. The van der Waals surface area contributed by atoms with Gasteiger partial charge in [0, 0.05) is 18.7 Å². The maximum atomic E-state index is 6.20. The highest BCUT2D eigenvalue weighted by Crippen LogP contribution is 2.23. The standard InChI is InChI=1S/C20H27NOSi/c1-4-10-18(11-5-1)20(19-12-6-2-7-13-19)23-22-17-16-21-14-8-3-9-15-21/h1-2,4-7,10-13,20H,3,8-9,14-17,23H2. The van der Waals surface area contributed by atoms with Gasteiger partial charge in [-0.25, -0.2) is 0 Å². The summed E-state index contributed by atoms with van der Waals surface area (Å²) in [6, 6.07) is 21.6. The van der Waals surface area contributed by atoms with Gasteiger partial charge in [-0.1, -0.05) is 67.1 Å². The molecule has 1 aliphatic heterocycles. The lowest BCUT2D eigenvalue weighted by atomic mass is 10.0. The molecule has 0 radical (unpaired) electrons. The molecule has 1 fully saturated rings. The summed E-state index contributed by atoms with van der Waals surface area (Å²) in [4.78, 5) is 2.55. The summed E-state index contributed by atoms with van der Waals surface area (Å²) in [5.74, 6) is 0. The second-order valence-corrected chi connectivity index (χ2v) is 7.91. The van der Waals surface area contributed by atoms with Crippen LogP contribution in [0.4, 0.5) is 0 Å². The van der Waals surface area contributed by atoms with Gasteiger partial charge in [0.2, 0.25) is 0 Å². The minimum absolute atomic E-state index is 0.457. The van der Waals surface area contributed by atoms with Crippen molar-refractivity contribution < 1.29 is 4.43 Å². The molecule has 0 atom stereocenters. The Hall–Kier alpha value is -1.42. The number of hydrogen-bond acceptors (Lipinski definition) is 2. The molecule has 0 aliphatic carbocycles. The van der Waals surface area contributed by atoms with Gasteiger partial charge in [0.05, 0.1) is 0 Å². The van der Waals surface area contributed by atoms with E-state index in [2.05, 4.69) is 65.6 Å². The Balaban J connectivity index is 1.56. The molecule has 0 aromatic heterocycles. The molecule has 0 spiro atoms. The maximum Gasteiger partial charge on any atom is 0.173 e. The molecular formula is C20H27NOSi. The van der Waals surface area contributed by atoms with E-state index >= 15 is 0 Å². The van der Waals surface area contributed by atoms with Crippen LogP contribution >= 0.6 is 0 Å². The van der Waals surface area contributed by atoms with Gasteiger partial charge in [-0.05, 0) is 37.1 Å². The lowest BCUT2D eigenvalue weighted by Gasteiger charge is -2.26. The van der Waals surface area contributed by atoms with Crippen molar-refractivity contribution in [1.29, 1.82) is 0 Å². The first-order valence-electron chi connectivity index (χ1n) is 8.83. The van der Waals surface area contributed by atoms with Crippen LogP contribution in [0.3, 0.4) is 0 Å². The fourth-order valence-electron chi connectivity index (χ4n) is 3.33. The van der Waals surface area contributed by atoms with Crippen LogP contribution in [0, 0.1) is 0 Å². The van der Waals surface area contributed by atoms with Crippen LogP contribution in [0.25, 0.3) is 0 Å². The number of benzene rings is 2. The predicted molar refractivity (Wildman–Crippen MR) is 99.5 cm³/mol. The van der Waals surface area contributed by atoms with E-state index in [0.717, 1.165) is 13.2 Å². The van der Waals surface area contributed by atoms with Gasteiger partial charge in [-0.2, -0.15) is 0 Å². The van der Waals surface area contributed by atoms with E-state index in [1.807, 2.05) is 0 Å². The Morgan fingerprint density at radius 1 is 0.826 bits per heavy atom. The molecule has 1 saturated heterocycles. The zero-order valence-electron chi connectivity index (χ0n) is 13.9. The van der Waals surface area contributed by atoms with E-state index in [0.29, 0.717) is 5.54 Å². The van der Waals surface area contributed by atoms with Gasteiger partial charge in [0.25, 0.3) is 0 Å². The second kappa shape index (κ2) is 9.01. The van der Waals surface area contributed by atoms with Crippen molar-refractivity contribution in [1.82, 2.24) is 4.90 Å². The van der Waals surface area contributed by atoms with Crippen LogP contribution < -0.4 is 0 Å². The van der Waals surface area contributed by atoms with Crippen molar-refractivity contribution in [2.24, 2.45) is 0 Å². The third-order valence-electron chi connectivity index (χ3n) is 4.69. The monoisotopic (exact) mass is 325 g/mol. The first-order valence-corrected chi connectivity index (χ1v) is 10.2. The lowest BCUT2D eigenvalue weighted by Crippen LogP contribution is -2.33. The normalized spacial score (nSPS) is 16.4. The van der Waals surface area contributed by atoms with Crippen LogP contribution in [0.5, 0.6) is 0 Å². The molecule has 1 heterocycles. The van der Waals surface area contributed by atoms with Crippen LogP contribution in [0.2, 0.25) is 0 Å². The molecule has 2 aromatic carbocycles. The molecule has 2 nitrogen and oxygen atoms in total. The fraction of sp³-hybridized carbons (Fsp3) is 0.400. The average molecular weight is 326 g/mol. The van der Waals surface area contributed by atoms with Crippen molar-refractivity contribution in [2.75, 3.05) is 26.2 Å². The highest BCUT2D eigenvalue weighted by Gasteiger charge is 2.15. The van der Waals surface area contributed by atoms with Crippen LogP contribution in [0.1, 0.15) is 35.9 Å². The molecule has 3 heteroatoms. The number of piperidine rings is 1. The van der Waals surface area contributed by atoms with Crippen molar-refractivity contribution >= 4 is 9.76 Å². The molecule has 0 amide bonds. The van der Waals surface area contributed by atoms with Gasteiger partial charge >= 0.3 is 0 Å². The van der Waals surface area contributed by atoms with Gasteiger partial charge in [0.1, 0.15) is 0 Å². The maximum absolute atomic E-state index is 6.20. The summed E-state index contributed by atoms with van der Waals surface area (Å²) in [7, 11) is -0.644. The number of nitrogens with zero attached hydrogens (tertiary/aromatic N) is 1. The smallest absolute Gasteiger partial charge is 0.173 e. The summed E-state index contributed by atoms with van der Waals surface area (Å²) in [5.41, 5.74) is 3.24. The third-order valence-corrected chi connectivity index (χ3v) is 6.49. The van der Waals surface area contributed by atoms with Crippen LogP contribution in [-0.4, -0.2) is 40.9 Å². The van der Waals surface area contributed by atoms with Crippen molar-refractivity contribution in [3.63, 3.8) is 0 Å². The van der Waals surface area contributed by atoms with E-state index in [1.54, 1.807) is 0 Å². The molecule has 3 rings (SSSR count). The summed E-state index contributed by atoms with van der Waals surface area (Å²) in [6.07, 6.45) is 4.11. The second-order valence-electron chi connectivity index (χ2n) is 6.35. The van der Waals surface area contributed by atoms with Crippen LogP contribution in [0.15, 0.2) is 60.7 Å². The molecule has 0 bridgehead atoms. The Labute approximate surface area is 142 Å². The fourth-order valence-corrected chi connectivity index (χ4v) is 4.79. The number of rotatable bonds is 7. The Bertz CT molecular complexity index is 515. The molecule has 0 saturated carbocycles. The minimum Gasteiger partial charge on any atom is -0.422 e. The Kier molecular flexibility index (Phi) is 6.44. The van der Waals surface area contributed by atoms with E-state index in [-0.39, 0.29) is 0 Å². The SMILES string of the molecule is c1ccc(C([SiH2]OCCN2CCCCC2)c2ccccc2)cc1. The van der Waals surface area contributed by atoms with Crippen molar-refractivity contribution in [2.45, 2.75) is 24.8 Å². The first kappa shape index (κ1) is 16.4. The molecule has 122 valence electrons. The van der Waals surface area contributed by atoms with E-state index in [4.69, 9.17) is 4.43 Å². The molecule has 1 aliphatic rings. The topological polar surface area (TPSA) is 12.5 Å². The van der Waals surface area contributed by atoms with E-state index in [1.165, 1.54) is 43.5 Å². The average Bonchev–Trinajstić information content (AvgIpc) is 2.64. The zero-order valence-corrected chi connectivity index (χ0v) is 15.3. The first-order chi connectivity index (χ1) is 11.4. The van der Waals surface area contributed by atoms with E-state index < -0.39 is 9.76 Å². The number of likely N-dealkylation sites (tertiary alicyclic amines) is 1. The number of hydrogen-bond donors (Lipinski definition) is 0. The zero-order chi connectivity index (χ0) is 15.7. The van der Waals surface area contributed by atoms with Gasteiger partial charge in [0.15, 0.2) is 9.76 Å². The van der Waals surface area contributed by atoms with Gasteiger partial charge in [-0.15, -0.1) is 0 Å².